The Bertz CT molecular complexity index is 667. The zero-order valence-electron chi connectivity index (χ0n) is 13.0. The first-order valence-corrected chi connectivity index (χ1v) is 8.37. The molecule has 0 aliphatic carbocycles. The van der Waals surface area contributed by atoms with Crippen LogP contribution < -0.4 is 5.32 Å². The topological polar surface area (TPSA) is 58.6 Å². The van der Waals surface area contributed by atoms with Gasteiger partial charge in [-0.3, -0.25) is 0 Å². The predicted molar refractivity (Wildman–Crippen MR) is 93.0 cm³/mol. The Balaban J connectivity index is 1.77. The van der Waals surface area contributed by atoms with E-state index in [0.717, 1.165) is 11.1 Å². The standard InChI is InChI=1S/C18H19BrFNO3/c19-16-9-14(6-7-17(16)20)8-15(11-22)10-21-18(23)24-12-13-4-2-1-3-5-13/h1-7,9,15,22H,8,10-12H2,(H,21,23). The number of hydrogen-bond acceptors (Lipinski definition) is 3. The fraction of sp³-hybridized carbons (Fsp3) is 0.278. The first-order valence-electron chi connectivity index (χ1n) is 7.58. The average Bonchev–Trinajstić information content (AvgIpc) is 2.60. The van der Waals surface area contributed by atoms with E-state index in [1.165, 1.54) is 6.07 Å². The normalized spacial score (nSPS) is 11.8. The number of hydrogen-bond donors (Lipinski definition) is 2. The number of ether oxygens (including phenoxy) is 1. The van der Waals surface area contributed by atoms with Gasteiger partial charge in [0.2, 0.25) is 0 Å². The van der Waals surface area contributed by atoms with Crippen molar-refractivity contribution in [2.75, 3.05) is 13.2 Å². The molecule has 0 saturated carbocycles. The molecule has 0 aliphatic rings. The SMILES string of the molecule is O=C(NCC(CO)Cc1ccc(F)c(Br)c1)OCc1ccccc1. The van der Waals surface area contributed by atoms with Crippen molar-refractivity contribution < 1.29 is 19.0 Å². The number of carbonyl (C=O) groups excluding carboxylic acids is 1. The third-order valence-electron chi connectivity index (χ3n) is 3.51. The molecule has 1 amide bonds. The van der Waals surface area contributed by atoms with Crippen molar-refractivity contribution in [2.24, 2.45) is 5.92 Å². The van der Waals surface area contributed by atoms with Crippen molar-refractivity contribution in [1.82, 2.24) is 5.32 Å². The number of alkyl carbamates (subject to hydrolysis) is 1. The molecule has 128 valence electrons. The molecule has 24 heavy (non-hydrogen) atoms. The highest BCUT2D eigenvalue weighted by atomic mass is 79.9. The first-order chi connectivity index (χ1) is 11.6. The Morgan fingerprint density at radius 2 is 1.96 bits per heavy atom. The summed E-state index contributed by atoms with van der Waals surface area (Å²) in [5.41, 5.74) is 1.78. The number of aliphatic hydroxyl groups excluding tert-OH is 1. The lowest BCUT2D eigenvalue weighted by atomic mass is 10.00. The van der Waals surface area contributed by atoms with E-state index in [-0.39, 0.29) is 31.5 Å². The van der Waals surface area contributed by atoms with Crippen molar-refractivity contribution in [3.8, 4) is 0 Å². The van der Waals surface area contributed by atoms with Crippen LogP contribution in [0.15, 0.2) is 53.0 Å². The minimum atomic E-state index is -0.530. The van der Waals surface area contributed by atoms with E-state index < -0.39 is 6.09 Å². The van der Waals surface area contributed by atoms with E-state index in [1.807, 2.05) is 30.3 Å². The van der Waals surface area contributed by atoms with Gasteiger partial charge in [-0.05, 0) is 45.6 Å². The second-order valence-electron chi connectivity index (χ2n) is 5.44. The number of benzene rings is 2. The molecule has 1 unspecified atom stereocenters. The highest BCUT2D eigenvalue weighted by Gasteiger charge is 2.12. The van der Waals surface area contributed by atoms with Gasteiger partial charge in [0.25, 0.3) is 0 Å². The maximum Gasteiger partial charge on any atom is 0.407 e. The molecule has 0 heterocycles. The molecular weight excluding hydrogens is 377 g/mol. The molecule has 2 N–H and O–H groups in total. The second-order valence-corrected chi connectivity index (χ2v) is 6.30. The zero-order chi connectivity index (χ0) is 17.4. The largest absolute Gasteiger partial charge is 0.445 e. The van der Waals surface area contributed by atoms with Gasteiger partial charge >= 0.3 is 6.09 Å². The Kier molecular flexibility index (Phi) is 7.21. The van der Waals surface area contributed by atoms with E-state index in [4.69, 9.17) is 4.74 Å². The van der Waals surface area contributed by atoms with Crippen molar-refractivity contribution in [3.63, 3.8) is 0 Å². The van der Waals surface area contributed by atoms with Crippen molar-refractivity contribution in [1.29, 1.82) is 0 Å². The number of halogens is 2. The smallest absolute Gasteiger partial charge is 0.407 e. The molecular formula is C18H19BrFNO3. The van der Waals surface area contributed by atoms with Crippen LogP contribution in [0.2, 0.25) is 0 Å². The average molecular weight is 396 g/mol. The molecule has 0 spiro atoms. The summed E-state index contributed by atoms with van der Waals surface area (Å²) >= 11 is 3.14. The molecule has 2 rings (SSSR count). The van der Waals surface area contributed by atoms with Gasteiger partial charge in [-0.1, -0.05) is 36.4 Å². The zero-order valence-corrected chi connectivity index (χ0v) is 14.6. The van der Waals surface area contributed by atoms with Crippen LogP contribution in [0.4, 0.5) is 9.18 Å². The van der Waals surface area contributed by atoms with E-state index in [1.54, 1.807) is 12.1 Å². The van der Waals surface area contributed by atoms with Gasteiger partial charge in [0.1, 0.15) is 12.4 Å². The summed E-state index contributed by atoms with van der Waals surface area (Å²) in [7, 11) is 0. The van der Waals surface area contributed by atoms with E-state index in [0.29, 0.717) is 10.9 Å². The lowest BCUT2D eigenvalue weighted by molar-refractivity contribution is 0.135. The summed E-state index contributed by atoms with van der Waals surface area (Å²) in [6.07, 6.45) is -0.00784. The van der Waals surface area contributed by atoms with Crippen LogP contribution in [0.1, 0.15) is 11.1 Å². The van der Waals surface area contributed by atoms with E-state index >= 15 is 0 Å². The number of aliphatic hydroxyl groups is 1. The summed E-state index contributed by atoms with van der Waals surface area (Å²) in [6, 6.07) is 14.1. The predicted octanol–water partition coefficient (Wildman–Crippen LogP) is 3.67. The van der Waals surface area contributed by atoms with E-state index in [9.17, 15) is 14.3 Å². The minimum absolute atomic E-state index is 0.0893. The Labute approximate surface area is 148 Å². The summed E-state index contributed by atoms with van der Waals surface area (Å²) < 4.78 is 18.7. The third-order valence-corrected chi connectivity index (χ3v) is 4.12. The van der Waals surface area contributed by atoms with Gasteiger partial charge in [-0.25, -0.2) is 9.18 Å². The first kappa shape index (κ1) is 18.4. The second kappa shape index (κ2) is 9.39. The summed E-state index contributed by atoms with van der Waals surface area (Å²) in [5.74, 6) is -0.506. The number of rotatable bonds is 7. The minimum Gasteiger partial charge on any atom is -0.445 e. The number of carbonyl (C=O) groups is 1. The fourth-order valence-corrected chi connectivity index (χ4v) is 2.63. The number of amides is 1. The summed E-state index contributed by atoms with van der Waals surface area (Å²) in [6.45, 7) is 0.383. The molecule has 2 aromatic carbocycles. The molecule has 0 radical (unpaired) electrons. The lowest BCUT2D eigenvalue weighted by Gasteiger charge is -2.15. The van der Waals surface area contributed by atoms with Gasteiger partial charge in [0.15, 0.2) is 0 Å². The Morgan fingerprint density at radius 3 is 2.62 bits per heavy atom. The van der Waals surface area contributed by atoms with Crippen LogP contribution >= 0.6 is 15.9 Å². The molecule has 0 fully saturated rings. The van der Waals surface area contributed by atoms with Crippen molar-refractivity contribution in [3.05, 3.63) is 69.9 Å². The summed E-state index contributed by atoms with van der Waals surface area (Å²) in [4.78, 5) is 11.7. The van der Waals surface area contributed by atoms with Gasteiger partial charge in [0, 0.05) is 19.1 Å². The monoisotopic (exact) mass is 395 g/mol. The molecule has 4 nitrogen and oxygen atoms in total. The highest BCUT2D eigenvalue weighted by molar-refractivity contribution is 9.10. The van der Waals surface area contributed by atoms with Crippen LogP contribution in [0, 0.1) is 11.7 Å². The number of nitrogens with one attached hydrogen (secondary N) is 1. The molecule has 6 heteroatoms. The van der Waals surface area contributed by atoms with Crippen LogP contribution in [0.3, 0.4) is 0 Å². The fourth-order valence-electron chi connectivity index (χ4n) is 2.20. The van der Waals surface area contributed by atoms with Crippen LogP contribution in [0.5, 0.6) is 0 Å². The highest BCUT2D eigenvalue weighted by Crippen LogP contribution is 2.19. The summed E-state index contributed by atoms with van der Waals surface area (Å²) in [5, 5.41) is 12.1. The molecule has 0 saturated heterocycles. The quantitative estimate of drug-likeness (QED) is 0.751. The van der Waals surface area contributed by atoms with Crippen LogP contribution in [-0.2, 0) is 17.8 Å². The Hall–Kier alpha value is -1.92. The van der Waals surface area contributed by atoms with Gasteiger partial charge in [0.05, 0.1) is 4.47 Å². The maximum atomic E-state index is 13.2. The molecule has 0 aliphatic heterocycles. The van der Waals surface area contributed by atoms with Crippen LogP contribution in [-0.4, -0.2) is 24.4 Å². The Morgan fingerprint density at radius 1 is 1.21 bits per heavy atom. The molecule has 1 atom stereocenters. The lowest BCUT2D eigenvalue weighted by Crippen LogP contribution is -2.32. The van der Waals surface area contributed by atoms with Crippen LogP contribution in [0.25, 0.3) is 0 Å². The van der Waals surface area contributed by atoms with Gasteiger partial charge < -0.3 is 15.2 Å². The molecule has 0 aromatic heterocycles. The van der Waals surface area contributed by atoms with Gasteiger partial charge in [-0.15, -0.1) is 0 Å². The van der Waals surface area contributed by atoms with E-state index in [2.05, 4.69) is 21.2 Å². The maximum absolute atomic E-state index is 13.2. The van der Waals surface area contributed by atoms with Crippen molar-refractivity contribution >= 4 is 22.0 Å². The molecule has 0 bridgehead atoms. The molecule has 2 aromatic rings. The van der Waals surface area contributed by atoms with Gasteiger partial charge in [-0.2, -0.15) is 0 Å². The third kappa shape index (κ3) is 5.94. The van der Waals surface area contributed by atoms with Crippen molar-refractivity contribution in [2.45, 2.75) is 13.0 Å².